The Bertz CT molecular complexity index is 472. The van der Waals surface area contributed by atoms with E-state index in [2.05, 4.69) is 10.2 Å². The van der Waals surface area contributed by atoms with Crippen LogP contribution in [-0.4, -0.2) is 47.4 Å². The van der Waals surface area contributed by atoms with Crippen LogP contribution in [0.3, 0.4) is 0 Å². The van der Waals surface area contributed by atoms with E-state index in [1.54, 1.807) is 16.8 Å². The predicted octanol–water partition coefficient (Wildman–Crippen LogP) is 2.41. The van der Waals surface area contributed by atoms with E-state index in [0.29, 0.717) is 30.4 Å². The highest BCUT2D eigenvalue weighted by molar-refractivity contribution is 7.15. The van der Waals surface area contributed by atoms with E-state index in [4.69, 9.17) is 0 Å². The molecule has 19 heavy (non-hydrogen) atoms. The number of halogens is 1. The van der Waals surface area contributed by atoms with Gasteiger partial charge in [0.25, 0.3) is 0 Å². The molecule has 0 unspecified atom stereocenters. The van der Waals surface area contributed by atoms with Crippen molar-refractivity contribution < 1.29 is 9.18 Å². The van der Waals surface area contributed by atoms with E-state index in [9.17, 15) is 9.18 Å². The maximum absolute atomic E-state index is 13.1. The first kappa shape index (κ1) is 12.8. The van der Waals surface area contributed by atoms with Crippen LogP contribution < -0.4 is 4.90 Å². The second kappa shape index (κ2) is 5.03. The standard InChI is InChI=1S/C12H17FN4OS/c1-16-6-7-17(12(16)18)11-15-14-10(19-11)8-2-4-9(13)5-3-8/h8-9H,2-7H2,1H3. The van der Waals surface area contributed by atoms with E-state index in [-0.39, 0.29) is 6.03 Å². The molecule has 7 heteroatoms. The summed E-state index contributed by atoms with van der Waals surface area (Å²) in [6.45, 7) is 1.39. The molecule has 0 spiro atoms. The minimum atomic E-state index is -0.655. The van der Waals surface area contributed by atoms with Crippen LogP contribution in [0.1, 0.15) is 36.6 Å². The lowest BCUT2D eigenvalue weighted by molar-refractivity contribution is 0.229. The summed E-state index contributed by atoms with van der Waals surface area (Å²) < 4.78 is 13.1. The smallest absolute Gasteiger partial charge is 0.326 e. The highest BCUT2D eigenvalue weighted by Crippen LogP contribution is 2.37. The van der Waals surface area contributed by atoms with Crippen LogP contribution in [0.25, 0.3) is 0 Å². The van der Waals surface area contributed by atoms with Crippen molar-refractivity contribution >= 4 is 22.5 Å². The molecule has 104 valence electrons. The predicted molar refractivity (Wildman–Crippen MR) is 71.4 cm³/mol. The fraction of sp³-hybridized carbons (Fsp3) is 0.750. The number of urea groups is 1. The van der Waals surface area contributed by atoms with Crippen molar-refractivity contribution in [3.05, 3.63) is 5.01 Å². The van der Waals surface area contributed by atoms with Gasteiger partial charge in [-0.1, -0.05) is 11.3 Å². The quantitative estimate of drug-likeness (QED) is 0.838. The van der Waals surface area contributed by atoms with Crippen LogP contribution in [-0.2, 0) is 0 Å². The summed E-state index contributed by atoms with van der Waals surface area (Å²) in [5.74, 6) is 0.314. The van der Waals surface area contributed by atoms with Gasteiger partial charge < -0.3 is 4.90 Å². The van der Waals surface area contributed by atoms with Crippen LogP contribution in [0.2, 0.25) is 0 Å². The first-order valence-corrected chi connectivity index (χ1v) is 7.47. The minimum Gasteiger partial charge on any atom is -0.326 e. The molecule has 1 aromatic rings. The molecule has 3 rings (SSSR count). The molecule has 0 atom stereocenters. The molecule has 0 bridgehead atoms. The highest BCUT2D eigenvalue weighted by atomic mass is 32.1. The van der Waals surface area contributed by atoms with Crippen molar-refractivity contribution in [3.63, 3.8) is 0 Å². The van der Waals surface area contributed by atoms with Crippen LogP contribution in [0.5, 0.6) is 0 Å². The van der Waals surface area contributed by atoms with Crippen LogP contribution in [0.4, 0.5) is 14.3 Å². The third-order valence-corrected chi connectivity index (χ3v) is 4.99. The Morgan fingerprint density at radius 2 is 1.95 bits per heavy atom. The number of aromatic nitrogens is 2. The second-order valence-corrected chi connectivity index (χ2v) is 6.22. The Labute approximate surface area is 115 Å². The molecule has 2 amide bonds. The Morgan fingerprint density at radius 1 is 1.21 bits per heavy atom. The van der Waals surface area contributed by atoms with Gasteiger partial charge in [-0.25, -0.2) is 9.18 Å². The Morgan fingerprint density at radius 3 is 2.58 bits per heavy atom. The van der Waals surface area contributed by atoms with Gasteiger partial charge in [0.15, 0.2) is 0 Å². The lowest BCUT2D eigenvalue weighted by Crippen LogP contribution is -2.29. The zero-order valence-corrected chi connectivity index (χ0v) is 11.7. The Hall–Kier alpha value is -1.24. The molecule has 1 aromatic heterocycles. The van der Waals surface area contributed by atoms with Crippen molar-refractivity contribution in [2.45, 2.75) is 37.8 Å². The normalized spacial score (nSPS) is 28.2. The average molecular weight is 284 g/mol. The summed E-state index contributed by atoms with van der Waals surface area (Å²) >= 11 is 1.48. The van der Waals surface area contributed by atoms with Gasteiger partial charge in [0.1, 0.15) is 11.2 Å². The molecule has 1 saturated heterocycles. The zero-order chi connectivity index (χ0) is 13.4. The third kappa shape index (κ3) is 2.43. The molecule has 1 aliphatic heterocycles. The number of amides is 2. The van der Waals surface area contributed by atoms with Gasteiger partial charge in [0.05, 0.1) is 0 Å². The topological polar surface area (TPSA) is 49.3 Å². The lowest BCUT2D eigenvalue weighted by Gasteiger charge is -2.21. The molecule has 2 fully saturated rings. The van der Waals surface area contributed by atoms with Gasteiger partial charge in [-0.2, -0.15) is 0 Å². The zero-order valence-electron chi connectivity index (χ0n) is 10.9. The van der Waals surface area contributed by atoms with E-state index in [1.807, 2.05) is 0 Å². The molecule has 2 heterocycles. The Kier molecular flexibility index (Phi) is 3.38. The van der Waals surface area contributed by atoms with Gasteiger partial charge in [-0.3, -0.25) is 4.90 Å². The van der Waals surface area contributed by atoms with Gasteiger partial charge in [0.2, 0.25) is 5.13 Å². The van der Waals surface area contributed by atoms with Crippen LogP contribution >= 0.6 is 11.3 Å². The number of hydrogen-bond donors (Lipinski definition) is 0. The number of nitrogens with zero attached hydrogens (tertiary/aromatic N) is 4. The molecule has 2 aliphatic rings. The van der Waals surface area contributed by atoms with Gasteiger partial charge in [0, 0.05) is 26.1 Å². The maximum Gasteiger partial charge on any atom is 0.326 e. The largest absolute Gasteiger partial charge is 0.326 e. The van der Waals surface area contributed by atoms with Crippen molar-refractivity contribution in [2.24, 2.45) is 0 Å². The Balaban J connectivity index is 1.71. The van der Waals surface area contributed by atoms with E-state index in [0.717, 1.165) is 24.4 Å². The molecular weight excluding hydrogens is 267 g/mol. The second-order valence-electron chi connectivity index (χ2n) is 5.23. The first-order chi connectivity index (χ1) is 9.15. The van der Waals surface area contributed by atoms with Crippen LogP contribution in [0.15, 0.2) is 0 Å². The van der Waals surface area contributed by atoms with E-state index >= 15 is 0 Å². The van der Waals surface area contributed by atoms with E-state index in [1.165, 1.54) is 11.3 Å². The molecule has 1 aliphatic carbocycles. The van der Waals surface area contributed by atoms with Gasteiger partial charge in [-0.05, 0) is 25.7 Å². The molecule has 0 N–H and O–H groups in total. The number of anilines is 1. The molecule has 0 radical (unpaired) electrons. The number of likely N-dealkylation sites (N-methyl/N-ethyl adjacent to an activating group) is 1. The number of rotatable bonds is 2. The SMILES string of the molecule is CN1CCN(c2nnc(C3CCC(F)CC3)s2)C1=O. The molecular formula is C12H17FN4OS. The van der Waals surface area contributed by atoms with Crippen molar-refractivity contribution in [3.8, 4) is 0 Å². The first-order valence-electron chi connectivity index (χ1n) is 6.65. The number of alkyl halides is 1. The van der Waals surface area contributed by atoms with E-state index < -0.39 is 6.17 Å². The summed E-state index contributed by atoms with van der Waals surface area (Å²) in [6.07, 6.45) is 2.25. The summed E-state index contributed by atoms with van der Waals surface area (Å²) in [6, 6.07) is -0.0184. The van der Waals surface area contributed by atoms with Crippen LogP contribution in [0, 0.1) is 0 Å². The number of carbonyl (C=O) groups is 1. The summed E-state index contributed by atoms with van der Waals surface area (Å²) in [5, 5.41) is 9.95. The average Bonchev–Trinajstić information content (AvgIpc) is 2.99. The summed E-state index contributed by atoms with van der Waals surface area (Å²) in [4.78, 5) is 15.2. The molecule has 0 aromatic carbocycles. The minimum absolute atomic E-state index is 0.0184. The number of carbonyl (C=O) groups excluding carboxylic acids is 1. The summed E-state index contributed by atoms with van der Waals surface area (Å²) in [7, 11) is 1.78. The number of hydrogen-bond acceptors (Lipinski definition) is 4. The van der Waals surface area contributed by atoms with Crippen molar-refractivity contribution in [1.29, 1.82) is 0 Å². The van der Waals surface area contributed by atoms with Gasteiger partial charge in [-0.15, -0.1) is 10.2 Å². The maximum atomic E-state index is 13.1. The fourth-order valence-corrected chi connectivity index (χ4v) is 3.66. The summed E-state index contributed by atoms with van der Waals surface area (Å²) in [5.41, 5.74) is 0. The monoisotopic (exact) mass is 284 g/mol. The van der Waals surface area contributed by atoms with Crippen molar-refractivity contribution in [1.82, 2.24) is 15.1 Å². The van der Waals surface area contributed by atoms with Crippen molar-refractivity contribution in [2.75, 3.05) is 25.0 Å². The lowest BCUT2D eigenvalue weighted by atomic mass is 9.89. The highest BCUT2D eigenvalue weighted by Gasteiger charge is 2.31. The third-order valence-electron chi connectivity index (χ3n) is 3.88. The van der Waals surface area contributed by atoms with Gasteiger partial charge >= 0.3 is 6.03 Å². The molecule has 5 nitrogen and oxygen atoms in total. The fourth-order valence-electron chi connectivity index (χ4n) is 2.62. The molecule has 1 saturated carbocycles.